The Bertz CT molecular complexity index is 1540. The van der Waals surface area contributed by atoms with Gasteiger partial charge >= 0.3 is 0 Å². The number of aromatic nitrogens is 6. The van der Waals surface area contributed by atoms with Crippen LogP contribution in [0.3, 0.4) is 0 Å². The fraction of sp³-hybridized carbons (Fsp3) is 0.136. The van der Waals surface area contributed by atoms with Gasteiger partial charge < -0.3 is 10.3 Å². The Morgan fingerprint density at radius 3 is 2.58 bits per heavy atom. The standard InChI is InChI=1S/C22H16F3N7O/c1-2-16(30-20-18-19(27-9-26-18)28-10-29-20)21-31-17-4-3-11(23)8-15(17)22(33)32(21)14-6-12(24)5-13(25)7-14/h3-10,16H,2H2,1H3,(H2,26,27,28,29,30). The Balaban J connectivity index is 1.75. The first kappa shape index (κ1) is 20.6. The van der Waals surface area contributed by atoms with E-state index in [1.54, 1.807) is 0 Å². The third kappa shape index (κ3) is 3.67. The first-order chi connectivity index (χ1) is 15.9. The molecule has 0 saturated carbocycles. The Kier molecular flexibility index (Phi) is 5.00. The maximum atomic E-state index is 14.0. The molecule has 2 aromatic carbocycles. The molecule has 0 aliphatic carbocycles. The van der Waals surface area contributed by atoms with Gasteiger partial charge in [0.05, 0.1) is 29.0 Å². The van der Waals surface area contributed by atoms with Crippen molar-refractivity contribution < 1.29 is 13.2 Å². The lowest BCUT2D eigenvalue weighted by atomic mass is 10.1. The second-order valence-corrected chi connectivity index (χ2v) is 7.33. The molecule has 3 aromatic heterocycles. The van der Waals surface area contributed by atoms with Crippen LogP contribution in [0.15, 0.2) is 53.8 Å². The van der Waals surface area contributed by atoms with Crippen LogP contribution in [0.4, 0.5) is 19.0 Å². The molecular formula is C22H16F3N7O. The molecule has 1 unspecified atom stereocenters. The van der Waals surface area contributed by atoms with Crippen LogP contribution in [0.2, 0.25) is 0 Å². The van der Waals surface area contributed by atoms with E-state index in [0.29, 0.717) is 29.5 Å². The van der Waals surface area contributed by atoms with Crippen LogP contribution in [0.5, 0.6) is 0 Å². The predicted octanol–water partition coefficient (Wildman–Crippen LogP) is 4.03. The van der Waals surface area contributed by atoms with E-state index in [1.165, 1.54) is 24.8 Å². The minimum atomic E-state index is -0.864. The van der Waals surface area contributed by atoms with Gasteiger partial charge in [-0.05, 0) is 36.8 Å². The van der Waals surface area contributed by atoms with Crippen molar-refractivity contribution in [2.45, 2.75) is 19.4 Å². The van der Waals surface area contributed by atoms with E-state index in [1.807, 2.05) is 6.92 Å². The molecule has 33 heavy (non-hydrogen) atoms. The Morgan fingerprint density at radius 1 is 1.03 bits per heavy atom. The summed E-state index contributed by atoms with van der Waals surface area (Å²) < 4.78 is 43.0. The SMILES string of the molecule is CCC(Nc1ncnc2[nH]cnc12)c1nc2ccc(F)cc2c(=O)n1-c1cc(F)cc(F)c1. The number of fused-ring (bicyclic) bond motifs is 2. The number of benzene rings is 2. The highest BCUT2D eigenvalue weighted by Gasteiger charge is 2.22. The van der Waals surface area contributed by atoms with E-state index in [4.69, 9.17) is 0 Å². The number of nitrogens with one attached hydrogen (secondary N) is 2. The largest absolute Gasteiger partial charge is 0.358 e. The van der Waals surface area contributed by atoms with Crippen LogP contribution < -0.4 is 10.9 Å². The molecule has 5 aromatic rings. The Hall–Kier alpha value is -4.28. The van der Waals surface area contributed by atoms with Crippen LogP contribution in [-0.2, 0) is 0 Å². The number of imidazole rings is 1. The maximum absolute atomic E-state index is 14.0. The zero-order chi connectivity index (χ0) is 23.1. The molecular weight excluding hydrogens is 435 g/mol. The van der Waals surface area contributed by atoms with Crippen LogP contribution in [0, 0.1) is 17.5 Å². The van der Waals surface area contributed by atoms with Gasteiger partial charge in [0.25, 0.3) is 5.56 Å². The number of anilines is 1. The zero-order valence-electron chi connectivity index (χ0n) is 17.2. The molecule has 0 amide bonds. The molecule has 5 rings (SSSR count). The summed E-state index contributed by atoms with van der Waals surface area (Å²) in [5.74, 6) is -1.79. The highest BCUT2D eigenvalue weighted by Crippen LogP contribution is 2.26. The van der Waals surface area contributed by atoms with E-state index in [0.717, 1.165) is 22.8 Å². The van der Waals surface area contributed by atoms with Crippen molar-refractivity contribution in [1.29, 1.82) is 0 Å². The van der Waals surface area contributed by atoms with Crippen LogP contribution in [0.25, 0.3) is 27.8 Å². The minimum absolute atomic E-state index is 0.0185. The molecule has 8 nitrogen and oxygen atoms in total. The predicted molar refractivity (Wildman–Crippen MR) is 116 cm³/mol. The molecule has 0 aliphatic rings. The number of rotatable bonds is 5. The van der Waals surface area contributed by atoms with Crippen molar-refractivity contribution >= 4 is 27.9 Å². The summed E-state index contributed by atoms with van der Waals surface area (Å²) in [5, 5.41) is 3.18. The summed E-state index contributed by atoms with van der Waals surface area (Å²) in [7, 11) is 0. The lowest BCUT2D eigenvalue weighted by Crippen LogP contribution is -2.28. The Labute approximate surface area is 184 Å². The molecule has 1 atom stereocenters. The van der Waals surface area contributed by atoms with Crippen LogP contribution >= 0.6 is 0 Å². The topological polar surface area (TPSA) is 101 Å². The van der Waals surface area contributed by atoms with Crippen molar-refractivity contribution in [1.82, 2.24) is 29.5 Å². The third-order valence-electron chi connectivity index (χ3n) is 5.21. The molecule has 0 radical (unpaired) electrons. The molecule has 2 N–H and O–H groups in total. The van der Waals surface area contributed by atoms with Crippen molar-refractivity contribution in [3.63, 3.8) is 0 Å². The fourth-order valence-electron chi connectivity index (χ4n) is 3.71. The minimum Gasteiger partial charge on any atom is -0.358 e. The van der Waals surface area contributed by atoms with Crippen LogP contribution in [0.1, 0.15) is 25.2 Å². The maximum Gasteiger partial charge on any atom is 0.266 e. The number of hydrogen-bond donors (Lipinski definition) is 2. The van der Waals surface area contributed by atoms with Crippen molar-refractivity contribution in [3.8, 4) is 5.69 Å². The second kappa shape index (κ2) is 8.01. The quantitative estimate of drug-likeness (QED) is 0.418. The summed E-state index contributed by atoms with van der Waals surface area (Å²) >= 11 is 0. The average molecular weight is 451 g/mol. The first-order valence-electron chi connectivity index (χ1n) is 10.0. The zero-order valence-corrected chi connectivity index (χ0v) is 17.2. The average Bonchev–Trinajstić information content (AvgIpc) is 3.27. The molecule has 11 heteroatoms. The first-order valence-corrected chi connectivity index (χ1v) is 10.0. The lowest BCUT2D eigenvalue weighted by Gasteiger charge is -2.22. The van der Waals surface area contributed by atoms with Gasteiger partial charge in [-0.3, -0.25) is 9.36 Å². The van der Waals surface area contributed by atoms with Gasteiger partial charge in [-0.15, -0.1) is 0 Å². The van der Waals surface area contributed by atoms with Gasteiger partial charge in [0, 0.05) is 6.07 Å². The highest BCUT2D eigenvalue weighted by molar-refractivity contribution is 5.82. The van der Waals surface area contributed by atoms with E-state index in [2.05, 4.69) is 30.2 Å². The lowest BCUT2D eigenvalue weighted by molar-refractivity contribution is 0.578. The van der Waals surface area contributed by atoms with Gasteiger partial charge in [-0.1, -0.05) is 6.92 Å². The summed E-state index contributed by atoms with van der Waals surface area (Å²) in [5.41, 5.74) is 0.502. The van der Waals surface area contributed by atoms with Gasteiger partial charge in [0.15, 0.2) is 11.5 Å². The third-order valence-corrected chi connectivity index (χ3v) is 5.21. The smallest absolute Gasteiger partial charge is 0.266 e. The summed E-state index contributed by atoms with van der Waals surface area (Å²) in [6.07, 6.45) is 3.24. The molecule has 0 spiro atoms. The van der Waals surface area contributed by atoms with Crippen molar-refractivity contribution in [2.75, 3.05) is 5.32 Å². The summed E-state index contributed by atoms with van der Waals surface area (Å²) in [6.45, 7) is 1.85. The van der Waals surface area contributed by atoms with Gasteiger partial charge in [-0.25, -0.2) is 33.1 Å². The number of H-pyrrole nitrogens is 1. The van der Waals surface area contributed by atoms with E-state index in [-0.39, 0.29) is 22.4 Å². The van der Waals surface area contributed by atoms with Gasteiger partial charge in [-0.2, -0.15) is 0 Å². The number of aromatic amines is 1. The molecule has 0 saturated heterocycles. The summed E-state index contributed by atoms with van der Waals surface area (Å²) in [4.78, 5) is 33.4. The monoisotopic (exact) mass is 451 g/mol. The van der Waals surface area contributed by atoms with E-state index >= 15 is 0 Å². The normalized spacial score (nSPS) is 12.4. The molecule has 0 bridgehead atoms. The summed E-state index contributed by atoms with van der Waals surface area (Å²) in [6, 6.07) is 5.74. The molecule has 166 valence electrons. The van der Waals surface area contributed by atoms with E-state index in [9.17, 15) is 18.0 Å². The van der Waals surface area contributed by atoms with Crippen molar-refractivity contribution in [3.05, 3.63) is 82.7 Å². The molecule has 0 fully saturated rings. The van der Waals surface area contributed by atoms with Gasteiger partial charge in [0.2, 0.25) is 0 Å². The highest BCUT2D eigenvalue weighted by atomic mass is 19.1. The Morgan fingerprint density at radius 2 is 1.82 bits per heavy atom. The number of halogens is 3. The van der Waals surface area contributed by atoms with Gasteiger partial charge in [0.1, 0.15) is 35.1 Å². The second-order valence-electron chi connectivity index (χ2n) is 7.33. The number of nitrogens with zero attached hydrogens (tertiary/aromatic N) is 5. The van der Waals surface area contributed by atoms with Crippen LogP contribution in [-0.4, -0.2) is 29.5 Å². The fourth-order valence-corrected chi connectivity index (χ4v) is 3.71. The van der Waals surface area contributed by atoms with E-state index < -0.39 is 29.1 Å². The van der Waals surface area contributed by atoms with Crippen molar-refractivity contribution in [2.24, 2.45) is 0 Å². The number of hydrogen-bond acceptors (Lipinski definition) is 6. The molecule has 3 heterocycles. The molecule has 0 aliphatic heterocycles.